The van der Waals surface area contributed by atoms with Gasteiger partial charge >= 0.3 is 6.09 Å². The fraction of sp³-hybridized carbons (Fsp3) is 0.550. The summed E-state index contributed by atoms with van der Waals surface area (Å²) in [7, 11) is 0. The molecule has 168 valence electrons. The summed E-state index contributed by atoms with van der Waals surface area (Å²) in [5, 5.41) is 19.1. The first-order valence-electron chi connectivity index (χ1n) is 10.1. The second-order valence-corrected chi connectivity index (χ2v) is 6.64. The zero-order valence-electron chi connectivity index (χ0n) is 17.5. The Morgan fingerprint density at radius 1 is 1.20 bits per heavy atom. The topological polar surface area (TPSA) is 115 Å². The van der Waals surface area contributed by atoms with E-state index in [0.717, 1.165) is 19.4 Å². The Labute approximate surface area is 194 Å². The lowest BCUT2D eigenvalue weighted by molar-refractivity contribution is 0.0946. The van der Waals surface area contributed by atoms with Crippen LogP contribution in [0.4, 0.5) is 4.79 Å². The molecule has 1 aromatic carbocycles. The van der Waals surface area contributed by atoms with Crippen molar-refractivity contribution >= 4 is 41.9 Å². The van der Waals surface area contributed by atoms with Crippen LogP contribution in [0, 0.1) is 0 Å². The molecule has 1 aromatic rings. The summed E-state index contributed by atoms with van der Waals surface area (Å²) >= 11 is 0. The van der Waals surface area contributed by atoms with Crippen LogP contribution in [0.3, 0.4) is 0 Å². The molecule has 1 saturated heterocycles. The van der Waals surface area contributed by atoms with Crippen molar-refractivity contribution in [2.45, 2.75) is 32.7 Å². The number of amides is 2. The van der Waals surface area contributed by atoms with Gasteiger partial charge in [0.25, 0.3) is 5.91 Å². The van der Waals surface area contributed by atoms with Gasteiger partial charge in [-0.15, -0.1) is 24.0 Å². The van der Waals surface area contributed by atoms with E-state index in [1.54, 1.807) is 30.0 Å². The maximum atomic E-state index is 12.1. The number of rotatable bonds is 7. The molecule has 1 aliphatic rings. The van der Waals surface area contributed by atoms with Gasteiger partial charge in [-0.05, 0) is 38.8 Å². The molecule has 0 spiro atoms. The van der Waals surface area contributed by atoms with Crippen LogP contribution in [0.1, 0.15) is 37.0 Å². The van der Waals surface area contributed by atoms with Gasteiger partial charge in [-0.2, -0.15) is 0 Å². The smallest absolute Gasteiger partial charge is 0.409 e. The number of halogens is 1. The highest BCUT2D eigenvalue weighted by Crippen LogP contribution is 2.15. The number of para-hydroxylation sites is 1. The number of guanidine groups is 1. The number of likely N-dealkylation sites (tertiary alicyclic amines) is 1. The summed E-state index contributed by atoms with van der Waals surface area (Å²) < 4.78 is 5.04. The average Bonchev–Trinajstić information content (AvgIpc) is 2.72. The number of nitrogens with one attached hydrogen (secondary N) is 3. The number of phenolic OH excluding ortho intramolecular Hbond substituents is 1. The van der Waals surface area contributed by atoms with Gasteiger partial charge in [-0.25, -0.2) is 4.79 Å². The van der Waals surface area contributed by atoms with Crippen LogP contribution >= 0.6 is 24.0 Å². The molecule has 0 atom stereocenters. The van der Waals surface area contributed by atoms with Gasteiger partial charge in [0.15, 0.2) is 5.96 Å². The predicted octanol–water partition coefficient (Wildman–Crippen LogP) is 1.92. The summed E-state index contributed by atoms with van der Waals surface area (Å²) in [6.07, 6.45) is 1.37. The molecule has 1 fully saturated rings. The SMILES string of the molecule is CCNC(=NCCNC(=O)c1ccccc1O)NC1CCN(C(=O)OCC)CC1.I. The summed E-state index contributed by atoms with van der Waals surface area (Å²) in [6, 6.07) is 6.64. The normalized spacial score (nSPS) is 14.5. The molecule has 1 aliphatic heterocycles. The van der Waals surface area contributed by atoms with Gasteiger partial charge < -0.3 is 30.7 Å². The molecule has 1 heterocycles. The van der Waals surface area contributed by atoms with E-state index in [2.05, 4.69) is 20.9 Å². The predicted molar refractivity (Wildman–Crippen MR) is 127 cm³/mol. The maximum Gasteiger partial charge on any atom is 0.409 e. The number of carbonyl (C=O) groups excluding carboxylic acids is 2. The van der Waals surface area contributed by atoms with Crippen molar-refractivity contribution < 1.29 is 19.4 Å². The molecule has 0 bridgehead atoms. The minimum atomic E-state index is -0.331. The Hall–Kier alpha value is -2.24. The highest BCUT2D eigenvalue weighted by atomic mass is 127. The zero-order chi connectivity index (χ0) is 21.1. The van der Waals surface area contributed by atoms with Crippen LogP contribution in [-0.2, 0) is 4.74 Å². The second-order valence-electron chi connectivity index (χ2n) is 6.64. The lowest BCUT2D eigenvalue weighted by atomic mass is 10.1. The fourth-order valence-electron chi connectivity index (χ4n) is 3.03. The quantitative estimate of drug-likeness (QED) is 0.184. The number of aromatic hydroxyl groups is 1. The number of aliphatic imine (C=N–C) groups is 1. The van der Waals surface area contributed by atoms with E-state index in [1.807, 2.05) is 6.92 Å². The van der Waals surface area contributed by atoms with Crippen LogP contribution in [0.5, 0.6) is 5.75 Å². The van der Waals surface area contributed by atoms with E-state index in [4.69, 9.17) is 4.74 Å². The van der Waals surface area contributed by atoms with E-state index in [0.29, 0.717) is 38.7 Å². The molecule has 9 nitrogen and oxygen atoms in total. The van der Waals surface area contributed by atoms with Gasteiger partial charge in [0.2, 0.25) is 0 Å². The van der Waals surface area contributed by atoms with Crippen LogP contribution in [0.25, 0.3) is 0 Å². The molecule has 2 amide bonds. The Morgan fingerprint density at radius 3 is 2.53 bits per heavy atom. The van der Waals surface area contributed by atoms with E-state index >= 15 is 0 Å². The zero-order valence-corrected chi connectivity index (χ0v) is 19.8. The molecule has 0 aliphatic carbocycles. The summed E-state index contributed by atoms with van der Waals surface area (Å²) in [6.45, 7) is 6.93. The molecule has 10 heteroatoms. The largest absolute Gasteiger partial charge is 0.507 e. The van der Waals surface area contributed by atoms with Crippen molar-refractivity contribution in [3.8, 4) is 5.75 Å². The van der Waals surface area contributed by atoms with Crippen molar-refractivity contribution in [2.75, 3.05) is 39.3 Å². The number of phenols is 1. The third-order valence-corrected chi connectivity index (χ3v) is 4.52. The summed E-state index contributed by atoms with van der Waals surface area (Å²) in [4.78, 5) is 30.1. The fourth-order valence-corrected chi connectivity index (χ4v) is 3.03. The number of hydrogen-bond donors (Lipinski definition) is 4. The minimum absolute atomic E-state index is 0. The number of hydrogen-bond acceptors (Lipinski definition) is 5. The number of benzene rings is 1. The van der Waals surface area contributed by atoms with Crippen molar-refractivity contribution in [2.24, 2.45) is 4.99 Å². The molecule has 0 radical (unpaired) electrons. The number of ether oxygens (including phenoxy) is 1. The molecule has 0 saturated carbocycles. The first-order chi connectivity index (χ1) is 14.0. The van der Waals surface area contributed by atoms with Crippen LogP contribution < -0.4 is 16.0 Å². The third kappa shape index (κ3) is 8.25. The number of piperidine rings is 1. The lowest BCUT2D eigenvalue weighted by Crippen LogP contribution is -2.50. The van der Waals surface area contributed by atoms with Crippen LogP contribution in [-0.4, -0.2) is 73.3 Å². The molecular formula is C20H32IN5O4. The Morgan fingerprint density at radius 2 is 1.90 bits per heavy atom. The Balaban J connectivity index is 0.00000450. The monoisotopic (exact) mass is 533 g/mol. The van der Waals surface area contributed by atoms with Crippen molar-refractivity contribution in [1.29, 1.82) is 0 Å². The number of nitrogens with zero attached hydrogens (tertiary/aromatic N) is 2. The van der Waals surface area contributed by atoms with Crippen LogP contribution in [0.2, 0.25) is 0 Å². The molecule has 30 heavy (non-hydrogen) atoms. The highest BCUT2D eigenvalue weighted by Gasteiger charge is 2.24. The van der Waals surface area contributed by atoms with E-state index in [-0.39, 0.29) is 53.3 Å². The van der Waals surface area contributed by atoms with Crippen LogP contribution in [0.15, 0.2) is 29.3 Å². The van der Waals surface area contributed by atoms with Crippen molar-refractivity contribution in [1.82, 2.24) is 20.9 Å². The average molecular weight is 533 g/mol. The molecular weight excluding hydrogens is 501 g/mol. The van der Waals surface area contributed by atoms with Gasteiger partial charge in [-0.3, -0.25) is 9.79 Å². The molecule has 0 unspecified atom stereocenters. The maximum absolute atomic E-state index is 12.1. The van der Waals surface area contributed by atoms with Gasteiger partial charge in [-0.1, -0.05) is 12.1 Å². The lowest BCUT2D eigenvalue weighted by Gasteiger charge is -2.32. The Kier molecular flexibility index (Phi) is 11.9. The standard InChI is InChI=1S/C20H31N5O4.HI/c1-3-21-19(24-15-9-13-25(14-10-15)20(28)29-4-2)23-12-11-22-18(27)16-7-5-6-8-17(16)26;/h5-8,15,26H,3-4,9-14H2,1-2H3,(H,22,27)(H2,21,23,24);1H. The van der Waals surface area contributed by atoms with E-state index < -0.39 is 0 Å². The Bertz CT molecular complexity index is 708. The third-order valence-electron chi connectivity index (χ3n) is 4.52. The van der Waals surface area contributed by atoms with Crippen molar-refractivity contribution in [3.05, 3.63) is 29.8 Å². The van der Waals surface area contributed by atoms with E-state index in [9.17, 15) is 14.7 Å². The van der Waals surface area contributed by atoms with Gasteiger partial charge in [0, 0.05) is 32.2 Å². The molecule has 4 N–H and O–H groups in total. The first kappa shape index (κ1) is 25.8. The summed E-state index contributed by atoms with van der Waals surface area (Å²) in [5.74, 6) is 0.305. The minimum Gasteiger partial charge on any atom is -0.507 e. The number of carbonyl (C=O) groups is 2. The first-order valence-corrected chi connectivity index (χ1v) is 10.1. The van der Waals surface area contributed by atoms with E-state index in [1.165, 1.54) is 6.07 Å². The molecule has 0 aromatic heterocycles. The van der Waals surface area contributed by atoms with Gasteiger partial charge in [0.1, 0.15) is 5.75 Å². The highest BCUT2D eigenvalue weighted by molar-refractivity contribution is 14.0. The second kappa shape index (κ2) is 13.9. The van der Waals surface area contributed by atoms with Gasteiger partial charge in [0.05, 0.1) is 18.7 Å². The van der Waals surface area contributed by atoms with Crippen molar-refractivity contribution in [3.63, 3.8) is 0 Å². The molecule has 2 rings (SSSR count). The summed E-state index contributed by atoms with van der Waals surface area (Å²) in [5.41, 5.74) is 0.245.